The summed E-state index contributed by atoms with van der Waals surface area (Å²) in [6.45, 7) is 7.65. The Balaban J connectivity index is 2.29. The molecule has 4 heteroatoms. The average molecular weight is 264 g/mol. The van der Waals surface area contributed by atoms with E-state index in [1.807, 2.05) is 24.3 Å². The summed E-state index contributed by atoms with van der Waals surface area (Å²) in [5.74, 6) is 0.799. The number of methoxy groups -OCH3 is 1. The number of hydrogen-bond acceptors (Lipinski definition) is 2. The Morgan fingerprint density at radius 2 is 2.00 bits per heavy atom. The molecule has 0 bridgehead atoms. The summed E-state index contributed by atoms with van der Waals surface area (Å²) in [6, 6.07) is 7.53. The van der Waals surface area contributed by atoms with Crippen molar-refractivity contribution in [3.8, 4) is 5.75 Å². The standard InChI is InChI=1S/C15H24N2O2/c1-15(2,3)8-9-16-14(18)17-11-12-6-5-7-13(10-12)19-4/h5-7,10H,8-9,11H2,1-4H3,(H2,16,17,18). The van der Waals surface area contributed by atoms with Crippen LogP contribution in [0.5, 0.6) is 5.75 Å². The van der Waals surface area contributed by atoms with Gasteiger partial charge in [0.2, 0.25) is 0 Å². The highest BCUT2D eigenvalue weighted by atomic mass is 16.5. The molecule has 1 aromatic rings. The number of ether oxygens (including phenoxy) is 1. The summed E-state index contributed by atoms with van der Waals surface area (Å²) in [6.07, 6.45) is 0.958. The smallest absolute Gasteiger partial charge is 0.315 e. The molecule has 0 saturated carbocycles. The Morgan fingerprint density at radius 1 is 1.26 bits per heavy atom. The molecule has 0 unspecified atom stereocenters. The van der Waals surface area contributed by atoms with E-state index < -0.39 is 0 Å². The summed E-state index contributed by atoms with van der Waals surface area (Å²) in [5.41, 5.74) is 1.26. The molecule has 106 valence electrons. The molecule has 2 amide bonds. The van der Waals surface area contributed by atoms with Gasteiger partial charge in [0.25, 0.3) is 0 Å². The van der Waals surface area contributed by atoms with Crippen LogP contribution in [0.3, 0.4) is 0 Å². The van der Waals surface area contributed by atoms with Crippen LogP contribution in [0.25, 0.3) is 0 Å². The molecule has 0 aliphatic carbocycles. The lowest BCUT2D eigenvalue weighted by molar-refractivity contribution is 0.238. The van der Waals surface area contributed by atoms with Gasteiger partial charge in [0.05, 0.1) is 7.11 Å². The van der Waals surface area contributed by atoms with Crippen LogP contribution in [-0.2, 0) is 6.54 Å². The fourth-order valence-electron chi connectivity index (χ4n) is 1.58. The van der Waals surface area contributed by atoms with Crippen LogP contribution in [0.1, 0.15) is 32.8 Å². The third-order valence-corrected chi connectivity index (χ3v) is 2.75. The first-order valence-corrected chi connectivity index (χ1v) is 6.55. The number of nitrogens with one attached hydrogen (secondary N) is 2. The van der Waals surface area contributed by atoms with Crippen LogP contribution in [0.2, 0.25) is 0 Å². The Bertz CT molecular complexity index is 411. The fraction of sp³-hybridized carbons (Fsp3) is 0.533. The van der Waals surface area contributed by atoms with E-state index in [0.717, 1.165) is 17.7 Å². The molecule has 0 aliphatic heterocycles. The predicted octanol–water partition coefficient (Wildman–Crippen LogP) is 2.93. The molecule has 1 rings (SSSR count). The molecule has 19 heavy (non-hydrogen) atoms. The number of hydrogen-bond donors (Lipinski definition) is 2. The number of benzene rings is 1. The van der Waals surface area contributed by atoms with E-state index in [0.29, 0.717) is 13.1 Å². The van der Waals surface area contributed by atoms with Crippen molar-refractivity contribution in [3.63, 3.8) is 0 Å². The zero-order valence-electron chi connectivity index (χ0n) is 12.2. The van der Waals surface area contributed by atoms with Crippen molar-refractivity contribution in [2.24, 2.45) is 5.41 Å². The molecule has 4 nitrogen and oxygen atoms in total. The number of amides is 2. The van der Waals surface area contributed by atoms with Gasteiger partial charge in [-0.05, 0) is 29.5 Å². The minimum atomic E-state index is -0.132. The number of urea groups is 1. The van der Waals surface area contributed by atoms with Crippen LogP contribution >= 0.6 is 0 Å². The normalized spacial score (nSPS) is 10.9. The second kappa shape index (κ2) is 7.02. The van der Waals surface area contributed by atoms with Crippen LogP contribution in [-0.4, -0.2) is 19.7 Å². The third-order valence-electron chi connectivity index (χ3n) is 2.75. The summed E-state index contributed by atoms with van der Waals surface area (Å²) < 4.78 is 5.14. The minimum absolute atomic E-state index is 0.132. The van der Waals surface area contributed by atoms with Crippen molar-refractivity contribution in [2.75, 3.05) is 13.7 Å². The average Bonchev–Trinajstić information content (AvgIpc) is 2.35. The van der Waals surface area contributed by atoms with Crippen LogP contribution < -0.4 is 15.4 Å². The van der Waals surface area contributed by atoms with Crippen molar-refractivity contribution in [2.45, 2.75) is 33.7 Å². The van der Waals surface area contributed by atoms with Gasteiger partial charge in [-0.15, -0.1) is 0 Å². The molecule has 0 saturated heterocycles. The first-order chi connectivity index (χ1) is 8.90. The minimum Gasteiger partial charge on any atom is -0.497 e. The highest BCUT2D eigenvalue weighted by Gasteiger charge is 2.10. The van der Waals surface area contributed by atoms with Gasteiger partial charge in [-0.25, -0.2) is 4.79 Å². The third kappa shape index (κ3) is 6.70. The van der Waals surface area contributed by atoms with E-state index >= 15 is 0 Å². The Hall–Kier alpha value is -1.71. The largest absolute Gasteiger partial charge is 0.497 e. The predicted molar refractivity (Wildman–Crippen MR) is 77.3 cm³/mol. The van der Waals surface area contributed by atoms with Crippen LogP contribution in [0.4, 0.5) is 4.79 Å². The maximum absolute atomic E-state index is 11.6. The summed E-state index contributed by atoms with van der Waals surface area (Å²) in [7, 11) is 1.63. The van der Waals surface area contributed by atoms with Crippen LogP contribution in [0, 0.1) is 5.41 Å². The van der Waals surface area contributed by atoms with E-state index in [2.05, 4.69) is 31.4 Å². The van der Waals surface area contributed by atoms with Gasteiger partial charge in [0, 0.05) is 13.1 Å². The van der Waals surface area contributed by atoms with Gasteiger partial charge < -0.3 is 15.4 Å². The first-order valence-electron chi connectivity index (χ1n) is 6.55. The van der Waals surface area contributed by atoms with Crippen molar-refractivity contribution < 1.29 is 9.53 Å². The van der Waals surface area contributed by atoms with Gasteiger partial charge in [0.1, 0.15) is 5.75 Å². The lowest BCUT2D eigenvalue weighted by atomic mass is 9.92. The number of rotatable bonds is 5. The topological polar surface area (TPSA) is 50.4 Å². The maximum Gasteiger partial charge on any atom is 0.315 e. The van der Waals surface area contributed by atoms with E-state index in [-0.39, 0.29) is 11.4 Å². The molecular formula is C15H24N2O2. The second-order valence-electron chi connectivity index (χ2n) is 5.77. The lowest BCUT2D eigenvalue weighted by Gasteiger charge is -2.18. The van der Waals surface area contributed by atoms with E-state index in [4.69, 9.17) is 4.74 Å². The Morgan fingerprint density at radius 3 is 2.63 bits per heavy atom. The SMILES string of the molecule is COc1cccc(CNC(=O)NCCC(C)(C)C)c1. The maximum atomic E-state index is 11.6. The van der Waals surface area contributed by atoms with E-state index in [1.54, 1.807) is 7.11 Å². The quantitative estimate of drug-likeness (QED) is 0.859. The Labute approximate surface area is 115 Å². The van der Waals surface area contributed by atoms with Crippen molar-refractivity contribution in [1.82, 2.24) is 10.6 Å². The van der Waals surface area contributed by atoms with Gasteiger partial charge in [0.15, 0.2) is 0 Å². The second-order valence-corrected chi connectivity index (χ2v) is 5.77. The molecule has 0 aliphatic rings. The number of carbonyl (C=O) groups is 1. The van der Waals surface area contributed by atoms with Crippen LogP contribution in [0.15, 0.2) is 24.3 Å². The molecule has 0 radical (unpaired) electrons. The molecule has 0 spiro atoms. The zero-order chi connectivity index (χ0) is 14.3. The highest BCUT2D eigenvalue weighted by molar-refractivity contribution is 5.73. The molecule has 1 aromatic carbocycles. The molecule has 0 fully saturated rings. The molecule has 0 atom stereocenters. The van der Waals surface area contributed by atoms with Gasteiger partial charge in [-0.2, -0.15) is 0 Å². The van der Waals surface area contributed by atoms with E-state index in [9.17, 15) is 4.79 Å². The molecule has 2 N–H and O–H groups in total. The van der Waals surface area contributed by atoms with Gasteiger partial charge in [-0.3, -0.25) is 0 Å². The van der Waals surface area contributed by atoms with Crippen molar-refractivity contribution >= 4 is 6.03 Å². The molecule has 0 heterocycles. The molecular weight excluding hydrogens is 240 g/mol. The first kappa shape index (κ1) is 15.3. The number of carbonyl (C=O) groups excluding carboxylic acids is 1. The van der Waals surface area contributed by atoms with Crippen molar-refractivity contribution in [3.05, 3.63) is 29.8 Å². The van der Waals surface area contributed by atoms with Gasteiger partial charge >= 0.3 is 6.03 Å². The van der Waals surface area contributed by atoms with Gasteiger partial charge in [-0.1, -0.05) is 32.9 Å². The summed E-state index contributed by atoms with van der Waals surface area (Å²) >= 11 is 0. The molecule has 0 aromatic heterocycles. The van der Waals surface area contributed by atoms with Crippen molar-refractivity contribution in [1.29, 1.82) is 0 Å². The summed E-state index contributed by atoms with van der Waals surface area (Å²) in [5, 5.41) is 5.69. The monoisotopic (exact) mass is 264 g/mol. The summed E-state index contributed by atoms with van der Waals surface area (Å²) in [4.78, 5) is 11.6. The highest BCUT2D eigenvalue weighted by Crippen LogP contribution is 2.16. The zero-order valence-corrected chi connectivity index (χ0v) is 12.2. The lowest BCUT2D eigenvalue weighted by Crippen LogP contribution is -2.36. The van der Waals surface area contributed by atoms with E-state index in [1.165, 1.54) is 0 Å². The Kier molecular flexibility index (Phi) is 5.67. The fourth-order valence-corrected chi connectivity index (χ4v) is 1.58.